The SMILES string of the molecule is CC(C)C(C)NC(=O)CS(=O)(=O)CCCc1ccccc1. The average Bonchev–Trinajstić information content (AvgIpc) is 2.38. The van der Waals surface area contributed by atoms with Crippen LogP contribution >= 0.6 is 0 Å². The van der Waals surface area contributed by atoms with Crippen molar-refractivity contribution in [3.05, 3.63) is 35.9 Å². The van der Waals surface area contributed by atoms with E-state index in [1.54, 1.807) is 0 Å². The van der Waals surface area contributed by atoms with Gasteiger partial charge in [-0.2, -0.15) is 0 Å². The van der Waals surface area contributed by atoms with E-state index in [0.717, 1.165) is 5.56 Å². The summed E-state index contributed by atoms with van der Waals surface area (Å²) in [6.45, 7) is 5.85. The third-order valence-corrected chi connectivity index (χ3v) is 5.12. The molecule has 1 aromatic rings. The lowest BCUT2D eigenvalue weighted by Crippen LogP contribution is -2.39. The van der Waals surface area contributed by atoms with Crippen LogP contribution in [0.15, 0.2) is 30.3 Å². The molecule has 1 unspecified atom stereocenters. The first-order valence-corrected chi connectivity index (χ1v) is 9.16. The number of amides is 1. The minimum Gasteiger partial charge on any atom is -0.353 e. The number of rotatable bonds is 8. The summed E-state index contributed by atoms with van der Waals surface area (Å²) in [5, 5.41) is 2.73. The van der Waals surface area contributed by atoms with Crippen molar-refractivity contribution in [3.8, 4) is 0 Å². The van der Waals surface area contributed by atoms with Crippen LogP contribution in [0.1, 0.15) is 32.8 Å². The molecule has 21 heavy (non-hydrogen) atoms. The predicted molar refractivity (Wildman–Crippen MR) is 85.9 cm³/mol. The van der Waals surface area contributed by atoms with Crippen molar-refractivity contribution in [3.63, 3.8) is 0 Å². The molecular formula is C16H25NO3S. The number of benzene rings is 1. The molecule has 0 saturated carbocycles. The lowest BCUT2D eigenvalue weighted by molar-refractivity contribution is -0.119. The molecule has 1 atom stereocenters. The molecule has 1 N–H and O–H groups in total. The Morgan fingerprint density at radius 1 is 1.14 bits per heavy atom. The van der Waals surface area contributed by atoms with Crippen molar-refractivity contribution in [2.45, 2.75) is 39.7 Å². The molecule has 0 heterocycles. The molecule has 0 bridgehead atoms. The summed E-state index contributed by atoms with van der Waals surface area (Å²) in [6.07, 6.45) is 1.25. The molecule has 1 rings (SSSR count). The Morgan fingerprint density at radius 2 is 1.76 bits per heavy atom. The summed E-state index contributed by atoms with van der Waals surface area (Å²) < 4.78 is 23.8. The summed E-state index contributed by atoms with van der Waals surface area (Å²) in [7, 11) is -3.33. The monoisotopic (exact) mass is 311 g/mol. The molecule has 0 saturated heterocycles. The van der Waals surface area contributed by atoms with Crippen LogP contribution in [-0.2, 0) is 21.1 Å². The van der Waals surface area contributed by atoms with E-state index in [1.807, 2.05) is 51.1 Å². The van der Waals surface area contributed by atoms with E-state index in [2.05, 4.69) is 5.32 Å². The van der Waals surface area contributed by atoms with Crippen molar-refractivity contribution in [1.82, 2.24) is 5.32 Å². The van der Waals surface area contributed by atoms with Crippen molar-refractivity contribution in [2.24, 2.45) is 5.92 Å². The first kappa shape index (κ1) is 17.7. The molecular weight excluding hydrogens is 286 g/mol. The molecule has 0 aliphatic rings. The van der Waals surface area contributed by atoms with Gasteiger partial charge in [-0.3, -0.25) is 4.79 Å². The van der Waals surface area contributed by atoms with Crippen LogP contribution in [0.5, 0.6) is 0 Å². The molecule has 4 nitrogen and oxygen atoms in total. The van der Waals surface area contributed by atoms with Gasteiger partial charge in [-0.25, -0.2) is 8.42 Å². The fourth-order valence-electron chi connectivity index (χ4n) is 1.88. The lowest BCUT2D eigenvalue weighted by Gasteiger charge is -2.17. The van der Waals surface area contributed by atoms with Crippen LogP contribution in [0.25, 0.3) is 0 Å². The van der Waals surface area contributed by atoms with Gasteiger partial charge in [0.15, 0.2) is 9.84 Å². The van der Waals surface area contributed by atoms with Gasteiger partial charge >= 0.3 is 0 Å². The summed E-state index contributed by atoms with van der Waals surface area (Å²) >= 11 is 0. The normalized spacial score (nSPS) is 13.1. The molecule has 0 fully saturated rings. The smallest absolute Gasteiger partial charge is 0.235 e. The van der Waals surface area contributed by atoms with Gasteiger partial charge in [0.2, 0.25) is 5.91 Å². The standard InChI is InChI=1S/C16H25NO3S/c1-13(2)14(3)17-16(18)12-21(19,20)11-7-10-15-8-5-4-6-9-15/h4-6,8-9,13-14H,7,10-12H2,1-3H3,(H,17,18). The van der Waals surface area contributed by atoms with Gasteiger partial charge in [0, 0.05) is 6.04 Å². The largest absolute Gasteiger partial charge is 0.353 e. The Morgan fingerprint density at radius 3 is 2.33 bits per heavy atom. The number of carbonyl (C=O) groups excluding carboxylic acids is 1. The van der Waals surface area contributed by atoms with E-state index in [-0.39, 0.29) is 17.7 Å². The van der Waals surface area contributed by atoms with Gasteiger partial charge in [0.25, 0.3) is 0 Å². The summed E-state index contributed by atoms with van der Waals surface area (Å²) in [6, 6.07) is 9.74. The summed E-state index contributed by atoms with van der Waals surface area (Å²) in [5.41, 5.74) is 1.12. The number of aryl methyl sites for hydroxylation is 1. The topological polar surface area (TPSA) is 63.2 Å². The van der Waals surface area contributed by atoms with Gasteiger partial charge in [0.1, 0.15) is 5.75 Å². The van der Waals surface area contributed by atoms with Gasteiger partial charge < -0.3 is 5.32 Å². The van der Waals surface area contributed by atoms with Crippen LogP contribution in [0.3, 0.4) is 0 Å². The maximum Gasteiger partial charge on any atom is 0.235 e. The second-order valence-electron chi connectivity index (χ2n) is 5.78. The number of sulfone groups is 1. The molecule has 0 aromatic heterocycles. The minimum atomic E-state index is -3.33. The minimum absolute atomic E-state index is 0.0166. The van der Waals surface area contributed by atoms with Gasteiger partial charge in [-0.15, -0.1) is 0 Å². The van der Waals surface area contributed by atoms with E-state index in [1.165, 1.54) is 0 Å². The maximum atomic E-state index is 11.9. The molecule has 1 amide bonds. The number of nitrogens with one attached hydrogen (secondary N) is 1. The molecule has 0 spiro atoms. The van der Waals surface area contributed by atoms with Gasteiger partial charge in [0.05, 0.1) is 5.75 Å². The van der Waals surface area contributed by atoms with Crippen LogP contribution in [0, 0.1) is 5.92 Å². The highest BCUT2D eigenvalue weighted by molar-refractivity contribution is 7.92. The second-order valence-corrected chi connectivity index (χ2v) is 7.97. The first-order valence-electron chi connectivity index (χ1n) is 7.34. The van der Waals surface area contributed by atoms with Crippen LogP contribution in [0.2, 0.25) is 0 Å². The number of hydrogen-bond acceptors (Lipinski definition) is 3. The Kier molecular flexibility index (Phi) is 6.89. The first-order chi connectivity index (χ1) is 9.80. The quantitative estimate of drug-likeness (QED) is 0.800. The van der Waals surface area contributed by atoms with Crippen LogP contribution in [0.4, 0.5) is 0 Å². The van der Waals surface area contributed by atoms with E-state index < -0.39 is 21.5 Å². The Labute approximate surface area is 127 Å². The Bertz CT molecular complexity index is 538. The molecule has 0 radical (unpaired) electrons. The fourth-order valence-corrected chi connectivity index (χ4v) is 3.09. The van der Waals surface area contributed by atoms with E-state index in [0.29, 0.717) is 12.8 Å². The second kappa shape index (κ2) is 8.17. The Balaban J connectivity index is 2.38. The van der Waals surface area contributed by atoms with Crippen molar-refractivity contribution < 1.29 is 13.2 Å². The summed E-state index contributed by atoms with van der Waals surface area (Å²) in [5.74, 6) is -0.491. The van der Waals surface area contributed by atoms with E-state index in [4.69, 9.17) is 0 Å². The zero-order valence-corrected chi connectivity index (χ0v) is 13.8. The lowest BCUT2D eigenvalue weighted by atomic mass is 10.1. The molecule has 1 aromatic carbocycles. The molecule has 5 heteroatoms. The zero-order chi connectivity index (χ0) is 15.9. The number of hydrogen-bond donors (Lipinski definition) is 1. The molecule has 0 aliphatic heterocycles. The van der Waals surface area contributed by atoms with Crippen molar-refractivity contribution in [2.75, 3.05) is 11.5 Å². The highest BCUT2D eigenvalue weighted by Gasteiger charge is 2.18. The van der Waals surface area contributed by atoms with Crippen LogP contribution in [-0.4, -0.2) is 31.9 Å². The maximum absolute atomic E-state index is 11.9. The summed E-state index contributed by atoms with van der Waals surface area (Å²) in [4.78, 5) is 11.7. The third kappa shape index (κ3) is 7.27. The highest BCUT2D eigenvalue weighted by Crippen LogP contribution is 2.05. The van der Waals surface area contributed by atoms with Crippen molar-refractivity contribution >= 4 is 15.7 Å². The van der Waals surface area contributed by atoms with Crippen LogP contribution < -0.4 is 5.32 Å². The predicted octanol–water partition coefficient (Wildman–Crippen LogP) is 2.19. The Hall–Kier alpha value is -1.36. The highest BCUT2D eigenvalue weighted by atomic mass is 32.2. The van der Waals surface area contributed by atoms with E-state index in [9.17, 15) is 13.2 Å². The third-order valence-electron chi connectivity index (χ3n) is 3.50. The molecule has 0 aliphatic carbocycles. The molecule has 118 valence electrons. The number of carbonyl (C=O) groups is 1. The van der Waals surface area contributed by atoms with Gasteiger partial charge in [-0.1, -0.05) is 44.2 Å². The fraction of sp³-hybridized carbons (Fsp3) is 0.562. The van der Waals surface area contributed by atoms with Crippen molar-refractivity contribution in [1.29, 1.82) is 0 Å². The van der Waals surface area contributed by atoms with E-state index >= 15 is 0 Å². The average molecular weight is 311 g/mol. The van der Waals surface area contributed by atoms with Gasteiger partial charge in [-0.05, 0) is 31.2 Å². The zero-order valence-electron chi connectivity index (χ0n) is 13.0.